The number of fused-ring (bicyclic) bond motifs is 3. The molecule has 1 fully saturated rings. The molecule has 1 aromatic rings. The van der Waals surface area contributed by atoms with Crippen LogP contribution in [0.5, 0.6) is 5.75 Å². The van der Waals surface area contributed by atoms with Gasteiger partial charge in [0.2, 0.25) is 5.78 Å². The zero-order valence-corrected chi connectivity index (χ0v) is 19.3. The van der Waals surface area contributed by atoms with Crippen LogP contribution in [0.1, 0.15) is 17.5 Å². The molecule has 0 radical (unpaired) electrons. The summed E-state index contributed by atoms with van der Waals surface area (Å²) in [7, 11) is 6.64. The molecule has 0 saturated heterocycles. The van der Waals surface area contributed by atoms with Crippen molar-refractivity contribution in [3.05, 3.63) is 34.1 Å². The summed E-state index contributed by atoms with van der Waals surface area (Å²) in [6.45, 7) is 0. The fraction of sp³-hybridized carbons (Fsp3) is 0.435. The number of rotatable bonds is 3. The first kappa shape index (κ1) is 23.6. The molecule has 182 valence electrons. The summed E-state index contributed by atoms with van der Waals surface area (Å²) >= 11 is 0. The molecule has 0 aromatic heterocycles. The summed E-state index contributed by atoms with van der Waals surface area (Å²) < 4.78 is 0. The number of phenols is 1. The lowest BCUT2D eigenvalue weighted by atomic mass is 9.57. The van der Waals surface area contributed by atoms with Gasteiger partial charge in [0.05, 0.1) is 17.3 Å². The van der Waals surface area contributed by atoms with E-state index < -0.39 is 63.8 Å². The number of aliphatic hydroxyl groups is 3. The van der Waals surface area contributed by atoms with E-state index in [-0.39, 0.29) is 29.7 Å². The van der Waals surface area contributed by atoms with Gasteiger partial charge in [-0.05, 0) is 44.5 Å². The Hall–Kier alpha value is -3.57. The van der Waals surface area contributed by atoms with E-state index in [1.165, 1.54) is 4.90 Å². The number of amides is 1. The minimum Gasteiger partial charge on any atom is -0.508 e. The molecule has 2 unspecified atom stereocenters. The number of nitrogens with two attached hydrogens (primary N) is 2. The molecule has 0 aliphatic heterocycles. The minimum atomic E-state index is -2.66. The van der Waals surface area contributed by atoms with E-state index in [1.54, 1.807) is 39.2 Å². The Morgan fingerprint density at radius 1 is 1.15 bits per heavy atom. The Labute approximate surface area is 195 Å². The number of benzene rings is 1. The van der Waals surface area contributed by atoms with Gasteiger partial charge in [-0.25, -0.2) is 0 Å². The minimum absolute atomic E-state index is 0.0115. The first-order chi connectivity index (χ1) is 15.7. The summed E-state index contributed by atoms with van der Waals surface area (Å²) in [4.78, 5) is 42.0. The third-order valence-electron chi connectivity index (χ3n) is 7.21. The fourth-order valence-electron chi connectivity index (χ4n) is 5.71. The number of ketones is 2. The standard InChI is InChI=1S/C23H28N4O7/c1-26(2)12-7-11(24)17(28)14-9(12)5-8-6-10-16(27(3)4)19(30)15(22(25)33)21(32)23(10,34)20(31)13(8)18(14)29/h7-8,10,16,28-29,32,34H,5-6,24H2,1-4H3,(H2,25,33)/t8-,10?,16-,23?/m0/s1. The van der Waals surface area contributed by atoms with Gasteiger partial charge in [-0.2, -0.15) is 0 Å². The van der Waals surface area contributed by atoms with Crippen LogP contribution in [0.3, 0.4) is 0 Å². The van der Waals surface area contributed by atoms with E-state index in [0.29, 0.717) is 11.3 Å². The molecule has 4 atom stereocenters. The predicted octanol–water partition coefficient (Wildman–Crippen LogP) is -0.388. The Balaban J connectivity index is 2.01. The van der Waals surface area contributed by atoms with Gasteiger partial charge < -0.3 is 36.8 Å². The van der Waals surface area contributed by atoms with Gasteiger partial charge >= 0.3 is 0 Å². The number of nitrogen functional groups attached to an aromatic ring is 1. The Morgan fingerprint density at radius 3 is 2.29 bits per heavy atom. The molecule has 1 amide bonds. The van der Waals surface area contributed by atoms with Crippen molar-refractivity contribution in [2.24, 2.45) is 17.6 Å². The van der Waals surface area contributed by atoms with Crippen LogP contribution < -0.4 is 16.4 Å². The molecule has 3 aliphatic rings. The monoisotopic (exact) mass is 472 g/mol. The normalized spacial score (nSPS) is 28.6. The lowest BCUT2D eigenvalue weighted by Gasteiger charge is -2.50. The lowest BCUT2D eigenvalue weighted by molar-refractivity contribution is -0.153. The second kappa shape index (κ2) is 7.47. The van der Waals surface area contributed by atoms with Crippen molar-refractivity contribution in [2.75, 3.05) is 38.8 Å². The first-order valence-electron chi connectivity index (χ1n) is 10.7. The van der Waals surface area contributed by atoms with Crippen LogP contribution in [0.2, 0.25) is 0 Å². The number of primary amides is 1. The van der Waals surface area contributed by atoms with Crippen LogP contribution in [0, 0.1) is 11.8 Å². The Morgan fingerprint density at radius 2 is 1.76 bits per heavy atom. The van der Waals surface area contributed by atoms with Crippen molar-refractivity contribution in [3.8, 4) is 5.75 Å². The summed E-state index contributed by atoms with van der Waals surface area (Å²) in [5, 5.41) is 44.2. The van der Waals surface area contributed by atoms with Gasteiger partial charge in [0.15, 0.2) is 11.4 Å². The average molecular weight is 472 g/mol. The van der Waals surface area contributed by atoms with Gasteiger partial charge in [-0.15, -0.1) is 0 Å². The van der Waals surface area contributed by atoms with Gasteiger partial charge in [-0.3, -0.25) is 19.3 Å². The van der Waals surface area contributed by atoms with Crippen molar-refractivity contribution >= 4 is 34.6 Å². The van der Waals surface area contributed by atoms with Gasteiger partial charge in [0.25, 0.3) is 5.91 Å². The highest BCUT2D eigenvalue weighted by Gasteiger charge is 2.64. The van der Waals surface area contributed by atoms with Crippen LogP contribution in [-0.4, -0.2) is 82.6 Å². The van der Waals surface area contributed by atoms with Gasteiger partial charge in [-0.1, -0.05) is 0 Å². The molecule has 11 heteroatoms. The SMILES string of the molecule is CN(C)c1cc(N)c(O)c2c1C[C@H]1CC3[C@H](N(C)C)C(=O)C(C(N)=O)=C(O)C3(O)C(=O)C1=C2O. The number of aliphatic hydroxyl groups excluding tert-OH is 2. The lowest BCUT2D eigenvalue weighted by Crippen LogP contribution is -2.65. The molecule has 4 rings (SSSR count). The van der Waals surface area contributed by atoms with Crippen LogP contribution in [-0.2, 0) is 20.8 Å². The highest BCUT2D eigenvalue weighted by molar-refractivity contribution is 6.24. The zero-order chi connectivity index (χ0) is 25.4. The number of nitrogens with zero attached hydrogens (tertiary/aromatic N) is 2. The van der Waals surface area contributed by atoms with E-state index in [2.05, 4.69) is 0 Å². The molecule has 0 heterocycles. The highest BCUT2D eigenvalue weighted by atomic mass is 16.3. The van der Waals surface area contributed by atoms with Crippen LogP contribution in [0.25, 0.3) is 5.76 Å². The number of anilines is 2. The fourth-order valence-corrected chi connectivity index (χ4v) is 5.71. The first-order valence-corrected chi connectivity index (χ1v) is 10.7. The van der Waals surface area contributed by atoms with E-state index >= 15 is 0 Å². The largest absolute Gasteiger partial charge is 0.508 e. The third kappa shape index (κ3) is 2.86. The number of phenolic OH excluding ortho intramolecular Hbond substituents is 1. The van der Waals surface area contributed by atoms with E-state index in [4.69, 9.17) is 11.5 Å². The summed E-state index contributed by atoms with van der Waals surface area (Å²) in [5.74, 6) is -6.95. The van der Waals surface area contributed by atoms with Gasteiger partial charge in [0, 0.05) is 31.3 Å². The number of Topliss-reactive ketones (excluding diaryl/α,β-unsaturated/α-hetero) is 2. The summed E-state index contributed by atoms with van der Waals surface area (Å²) in [6.07, 6.45) is 0.236. The molecule has 3 aliphatic carbocycles. The molecule has 0 bridgehead atoms. The topological polar surface area (TPSA) is 191 Å². The molecule has 1 saturated carbocycles. The van der Waals surface area contributed by atoms with E-state index in [0.717, 1.165) is 0 Å². The molecular weight excluding hydrogens is 444 g/mol. The van der Waals surface area contributed by atoms with Crippen molar-refractivity contribution in [3.63, 3.8) is 0 Å². The Bertz CT molecular complexity index is 1220. The maximum absolute atomic E-state index is 13.7. The smallest absolute Gasteiger partial charge is 0.255 e. The molecule has 0 spiro atoms. The zero-order valence-electron chi connectivity index (χ0n) is 19.3. The van der Waals surface area contributed by atoms with E-state index in [9.17, 15) is 34.8 Å². The van der Waals surface area contributed by atoms with Crippen LogP contribution >= 0.6 is 0 Å². The van der Waals surface area contributed by atoms with Crippen LogP contribution in [0.4, 0.5) is 11.4 Å². The summed E-state index contributed by atoms with van der Waals surface area (Å²) in [6, 6.07) is 0.444. The third-order valence-corrected chi connectivity index (χ3v) is 7.21. The second-order valence-corrected chi connectivity index (χ2v) is 9.54. The van der Waals surface area contributed by atoms with Gasteiger partial charge in [0.1, 0.15) is 22.8 Å². The molecule has 1 aromatic carbocycles. The van der Waals surface area contributed by atoms with Crippen molar-refractivity contribution in [1.82, 2.24) is 4.90 Å². The highest BCUT2D eigenvalue weighted by Crippen LogP contribution is 2.54. The molecule has 11 nitrogen and oxygen atoms in total. The number of aromatic hydroxyl groups is 1. The second-order valence-electron chi connectivity index (χ2n) is 9.54. The number of likely N-dealkylation sites (N-methyl/N-ethyl adjacent to an activating group) is 1. The average Bonchev–Trinajstić information content (AvgIpc) is 2.72. The quantitative estimate of drug-likeness (QED) is 0.192. The van der Waals surface area contributed by atoms with Crippen LogP contribution in [0.15, 0.2) is 23.0 Å². The maximum Gasteiger partial charge on any atom is 0.255 e. The molecule has 8 N–H and O–H groups in total. The van der Waals surface area contributed by atoms with Crippen molar-refractivity contribution in [1.29, 1.82) is 0 Å². The number of carbonyl (C=O) groups is 3. The summed E-state index contributed by atoms with van der Waals surface area (Å²) in [5.41, 5.74) is 8.68. The van der Waals surface area contributed by atoms with Crippen molar-refractivity contribution < 1.29 is 34.8 Å². The Kier molecular flexibility index (Phi) is 5.18. The molecular formula is C23H28N4O7. The molecule has 34 heavy (non-hydrogen) atoms. The number of hydrogen-bond acceptors (Lipinski definition) is 10. The van der Waals surface area contributed by atoms with E-state index in [1.807, 2.05) is 0 Å². The number of carbonyl (C=O) groups excluding carboxylic acids is 3. The number of hydrogen-bond donors (Lipinski definition) is 6. The van der Waals surface area contributed by atoms with Crippen molar-refractivity contribution in [2.45, 2.75) is 24.5 Å². The predicted molar refractivity (Wildman–Crippen MR) is 123 cm³/mol. The maximum atomic E-state index is 13.7.